The molecular formula is C14H20BrN3O. The molecule has 1 saturated heterocycles. The second-order valence-electron chi connectivity index (χ2n) is 5.22. The molecule has 1 fully saturated rings. The van der Waals surface area contributed by atoms with E-state index in [1.807, 2.05) is 24.8 Å². The zero-order valence-corrected chi connectivity index (χ0v) is 13.1. The highest BCUT2D eigenvalue weighted by Crippen LogP contribution is 2.22. The standard InChI is InChI=1S/C14H20BrN3O/c1-10-8-13(11(2)17-16-10)14(19)18-7-3-4-12(9-18)5-6-15/h8,12H,3-7,9H2,1-2H3. The van der Waals surface area contributed by atoms with Crippen LogP contribution in [0.1, 0.15) is 41.0 Å². The van der Waals surface area contributed by atoms with Crippen LogP contribution in [0.4, 0.5) is 0 Å². The van der Waals surface area contributed by atoms with Gasteiger partial charge in [0.25, 0.3) is 5.91 Å². The minimum atomic E-state index is 0.106. The number of aromatic nitrogens is 2. The van der Waals surface area contributed by atoms with E-state index in [2.05, 4.69) is 26.1 Å². The normalized spacial score (nSPS) is 19.5. The lowest BCUT2D eigenvalue weighted by Crippen LogP contribution is -2.40. The third-order valence-corrected chi connectivity index (χ3v) is 4.11. The van der Waals surface area contributed by atoms with Crippen LogP contribution in [-0.2, 0) is 0 Å². The van der Waals surface area contributed by atoms with Crippen LogP contribution in [0.25, 0.3) is 0 Å². The average molecular weight is 326 g/mol. The van der Waals surface area contributed by atoms with Crippen molar-refractivity contribution in [3.63, 3.8) is 0 Å². The van der Waals surface area contributed by atoms with Gasteiger partial charge in [0.1, 0.15) is 0 Å². The quantitative estimate of drug-likeness (QED) is 0.803. The molecule has 0 radical (unpaired) electrons. The Morgan fingerprint density at radius 2 is 2.26 bits per heavy atom. The Morgan fingerprint density at radius 3 is 3.00 bits per heavy atom. The van der Waals surface area contributed by atoms with Crippen molar-refractivity contribution >= 4 is 21.8 Å². The number of hydrogen-bond donors (Lipinski definition) is 0. The van der Waals surface area contributed by atoms with Gasteiger partial charge in [0.05, 0.1) is 17.0 Å². The van der Waals surface area contributed by atoms with Crippen molar-refractivity contribution in [1.29, 1.82) is 0 Å². The summed E-state index contributed by atoms with van der Waals surface area (Å²) in [6.45, 7) is 5.44. The summed E-state index contributed by atoms with van der Waals surface area (Å²) in [5, 5.41) is 9.04. The van der Waals surface area contributed by atoms with E-state index in [0.717, 1.165) is 42.6 Å². The van der Waals surface area contributed by atoms with Gasteiger partial charge in [-0.3, -0.25) is 4.79 Å². The summed E-state index contributed by atoms with van der Waals surface area (Å²) in [6, 6.07) is 1.85. The summed E-state index contributed by atoms with van der Waals surface area (Å²) in [7, 11) is 0. The van der Waals surface area contributed by atoms with Gasteiger partial charge < -0.3 is 4.90 Å². The van der Waals surface area contributed by atoms with Crippen molar-refractivity contribution in [2.24, 2.45) is 5.92 Å². The number of nitrogens with zero attached hydrogens (tertiary/aromatic N) is 3. The Hall–Kier alpha value is -0.970. The molecular weight excluding hydrogens is 306 g/mol. The first-order valence-electron chi connectivity index (χ1n) is 6.78. The average Bonchev–Trinajstić information content (AvgIpc) is 2.41. The fourth-order valence-corrected chi connectivity index (χ4v) is 3.22. The van der Waals surface area contributed by atoms with Gasteiger partial charge in [-0.25, -0.2) is 0 Å². The second kappa shape index (κ2) is 6.46. The topological polar surface area (TPSA) is 46.1 Å². The molecule has 1 aromatic heterocycles. The number of hydrogen-bond acceptors (Lipinski definition) is 3. The molecule has 104 valence electrons. The maximum atomic E-state index is 12.6. The van der Waals surface area contributed by atoms with E-state index in [4.69, 9.17) is 0 Å². The van der Waals surface area contributed by atoms with Gasteiger partial charge in [-0.1, -0.05) is 15.9 Å². The van der Waals surface area contributed by atoms with Crippen LogP contribution < -0.4 is 0 Å². The lowest BCUT2D eigenvalue weighted by atomic mass is 9.95. The molecule has 0 N–H and O–H groups in total. The number of carbonyl (C=O) groups is 1. The maximum absolute atomic E-state index is 12.6. The number of likely N-dealkylation sites (tertiary alicyclic amines) is 1. The summed E-state index contributed by atoms with van der Waals surface area (Å²) < 4.78 is 0. The molecule has 0 saturated carbocycles. The van der Waals surface area contributed by atoms with Crippen LogP contribution in [0.3, 0.4) is 0 Å². The smallest absolute Gasteiger partial charge is 0.255 e. The van der Waals surface area contributed by atoms with E-state index in [0.29, 0.717) is 11.5 Å². The molecule has 0 aliphatic carbocycles. The van der Waals surface area contributed by atoms with Crippen molar-refractivity contribution in [2.45, 2.75) is 33.1 Å². The maximum Gasteiger partial charge on any atom is 0.255 e. The Morgan fingerprint density at radius 1 is 1.47 bits per heavy atom. The van der Waals surface area contributed by atoms with Crippen molar-refractivity contribution in [2.75, 3.05) is 18.4 Å². The molecule has 1 aromatic rings. The lowest BCUT2D eigenvalue weighted by Gasteiger charge is -2.32. The molecule has 2 heterocycles. The summed E-state index contributed by atoms with van der Waals surface area (Å²) >= 11 is 3.49. The number of carbonyl (C=O) groups excluding carboxylic acids is 1. The first-order valence-corrected chi connectivity index (χ1v) is 7.90. The van der Waals surface area contributed by atoms with E-state index in [-0.39, 0.29) is 5.91 Å². The predicted octanol–water partition coefficient (Wildman–Crippen LogP) is 2.73. The Balaban J connectivity index is 2.12. The molecule has 0 aromatic carbocycles. The lowest BCUT2D eigenvalue weighted by molar-refractivity contribution is 0.0670. The fourth-order valence-electron chi connectivity index (χ4n) is 2.58. The monoisotopic (exact) mass is 325 g/mol. The highest BCUT2D eigenvalue weighted by molar-refractivity contribution is 9.09. The summed E-state index contributed by atoms with van der Waals surface area (Å²) in [5.41, 5.74) is 2.22. The van der Waals surface area contributed by atoms with Gasteiger partial charge in [-0.2, -0.15) is 10.2 Å². The van der Waals surface area contributed by atoms with Gasteiger partial charge in [0.2, 0.25) is 0 Å². The largest absolute Gasteiger partial charge is 0.338 e. The van der Waals surface area contributed by atoms with E-state index < -0.39 is 0 Å². The van der Waals surface area contributed by atoms with Crippen molar-refractivity contribution in [1.82, 2.24) is 15.1 Å². The van der Waals surface area contributed by atoms with E-state index in [1.165, 1.54) is 6.42 Å². The van der Waals surface area contributed by atoms with Crippen LogP contribution >= 0.6 is 15.9 Å². The molecule has 1 aliphatic rings. The Bertz CT molecular complexity index is 462. The third kappa shape index (κ3) is 3.53. The Labute approximate surface area is 122 Å². The number of halogens is 1. The van der Waals surface area contributed by atoms with Gasteiger partial charge in [0.15, 0.2) is 0 Å². The SMILES string of the molecule is Cc1cc(C(=O)N2CCCC(CCBr)C2)c(C)nn1. The summed E-state index contributed by atoms with van der Waals surface area (Å²) in [5.74, 6) is 0.725. The van der Waals surface area contributed by atoms with Gasteiger partial charge in [-0.15, -0.1) is 0 Å². The van der Waals surface area contributed by atoms with Crippen LogP contribution in [0.2, 0.25) is 0 Å². The highest BCUT2D eigenvalue weighted by atomic mass is 79.9. The molecule has 1 amide bonds. The fraction of sp³-hybridized carbons (Fsp3) is 0.643. The highest BCUT2D eigenvalue weighted by Gasteiger charge is 2.25. The zero-order chi connectivity index (χ0) is 13.8. The zero-order valence-electron chi connectivity index (χ0n) is 11.5. The first kappa shape index (κ1) is 14.4. The van der Waals surface area contributed by atoms with Crippen molar-refractivity contribution < 1.29 is 4.79 Å². The van der Waals surface area contributed by atoms with Gasteiger partial charge in [-0.05, 0) is 45.1 Å². The third-order valence-electron chi connectivity index (χ3n) is 3.65. The minimum Gasteiger partial charge on any atom is -0.338 e. The molecule has 1 aliphatic heterocycles. The van der Waals surface area contributed by atoms with Gasteiger partial charge >= 0.3 is 0 Å². The molecule has 2 rings (SSSR count). The first-order chi connectivity index (χ1) is 9.11. The Kier molecular flexibility index (Phi) is 4.91. The number of aryl methyl sites for hydroxylation is 2. The van der Waals surface area contributed by atoms with E-state index >= 15 is 0 Å². The second-order valence-corrected chi connectivity index (χ2v) is 6.01. The van der Waals surface area contributed by atoms with Crippen LogP contribution in [-0.4, -0.2) is 39.4 Å². The molecule has 1 atom stereocenters. The van der Waals surface area contributed by atoms with Crippen LogP contribution in [0.5, 0.6) is 0 Å². The molecule has 4 nitrogen and oxygen atoms in total. The van der Waals surface area contributed by atoms with Crippen LogP contribution in [0, 0.1) is 19.8 Å². The predicted molar refractivity (Wildman–Crippen MR) is 78.5 cm³/mol. The van der Waals surface area contributed by atoms with E-state index in [1.54, 1.807) is 0 Å². The number of rotatable bonds is 3. The van der Waals surface area contributed by atoms with Crippen molar-refractivity contribution in [3.8, 4) is 0 Å². The molecule has 19 heavy (non-hydrogen) atoms. The molecule has 1 unspecified atom stereocenters. The van der Waals surface area contributed by atoms with E-state index in [9.17, 15) is 4.79 Å². The minimum absolute atomic E-state index is 0.106. The van der Waals surface area contributed by atoms with Gasteiger partial charge in [0, 0.05) is 18.4 Å². The molecule has 0 bridgehead atoms. The van der Waals surface area contributed by atoms with Crippen molar-refractivity contribution in [3.05, 3.63) is 23.0 Å². The summed E-state index contributed by atoms with van der Waals surface area (Å²) in [6.07, 6.45) is 3.46. The molecule has 0 spiro atoms. The number of amides is 1. The van der Waals surface area contributed by atoms with Crippen LogP contribution in [0.15, 0.2) is 6.07 Å². The molecule has 5 heteroatoms. The summed E-state index contributed by atoms with van der Waals surface area (Å²) in [4.78, 5) is 14.5. The number of alkyl halides is 1. The number of piperidine rings is 1.